The maximum Gasteiger partial charge on any atom is 0.387 e. The van der Waals surface area contributed by atoms with Crippen LogP contribution in [0.2, 0.25) is 0 Å². The highest BCUT2D eigenvalue weighted by molar-refractivity contribution is 7.92. The number of piperazine rings is 1. The molecule has 28 heavy (non-hydrogen) atoms. The number of sulfonamides is 1. The van der Waals surface area contributed by atoms with Gasteiger partial charge in [-0.2, -0.15) is 8.78 Å². The van der Waals surface area contributed by atoms with Crippen molar-refractivity contribution in [2.75, 3.05) is 42.9 Å². The summed E-state index contributed by atoms with van der Waals surface area (Å²) in [5.74, 6) is 0.444. The van der Waals surface area contributed by atoms with Crippen molar-refractivity contribution in [3.63, 3.8) is 0 Å². The van der Waals surface area contributed by atoms with Gasteiger partial charge >= 0.3 is 6.61 Å². The van der Waals surface area contributed by atoms with Crippen molar-refractivity contribution in [2.24, 2.45) is 0 Å². The second-order valence-electron chi connectivity index (χ2n) is 6.08. The molecule has 1 fully saturated rings. The molecule has 2 aromatic carbocycles. The lowest BCUT2D eigenvalue weighted by atomic mass is 10.2. The molecule has 0 spiro atoms. The molecular weight excluding hydrogens is 392 g/mol. The van der Waals surface area contributed by atoms with E-state index in [1.807, 2.05) is 4.90 Å². The first-order chi connectivity index (χ1) is 13.4. The average molecular weight is 413 g/mol. The van der Waals surface area contributed by atoms with E-state index in [-0.39, 0.29) is 16.3 Å². The van der Waals surface area contributed by atoms with E-state index >= 15 is 0 Å². The lowest BCUT2D eigenvalue weighted by molar-refractivity contribution is -0.0497. The summed E-state index contributed by atoms with van der Waals surface area (Å²) in [6.45, 7) is 0.0284. The minimum Gasteiger partial charge on any atom is -0.495 e. The quantitative estimate of drug-likeness (QED) is 0.726. The number of benzene rings is 2. The van der Waals surface area contributed by atoms with Crippen LogP contribution in [-0.4, -0.2) is 48.3 Å². The fraction of sp³-hybridized carbons (Fsp3) is 0.333. The number of hydrogen-bond acceptors (Lipinski definition) is 6. The van der Waals surface area contributed by atoms with E-state index in [2.05, 4.69) is 14.8 Å². The number of ether oxygens (including phenoxy) is 2. The fourth-order valence-electron chi connectivity index (χ4n) is 2.94. The highest BCUT2D eigenvalue weighted by Gasteiger charge is 2.21. The number of methoxy groups -OCH3 is 1. The second kappa shape index (κ2) is 8.61. The lowest BCUT2D eigenvalue weighted by Gasteiger charge is -2.30. The van der Waals surface area contributed by atoms with Gasteiger partial charge in [0.2, 0.25) is 0 Å². The van der Waals surface area contributed by atoms with Crippen LogP contribution in [-0.2, 0) is 10.0 Å². The van der Waals surface area contributed by atoms with Gasteiger partial charge in [-0.25, -0.2) is 8.42 Å². The van der Waals surface area contributed by atoms with E-state index in [1.54, 1.807) is 12.1 Å². The van der Waals surface area contributed by atoms with Gasteiger partial charge in [0.25, 0.3) is 10.0 Å². The van der Waals surface area contributed by atoms with Crippen LogP contribution in [0.5, 0.6) is 11.5 Å². The van der Waals surface area contributed by atoms with Crippen LogP contribution in [0.25, 0.3) is 0 Å². The van der Waals surface area contributed by atoms with Crippen molar-refractivity contribution >= 4 is 21.4 Å². The third kappa shape index (κ3) is 4.82. The molecule has 3 rings (SSSR count). The van der Waals surface area contributed by atoms with Crippen LogP contribution in [0.15, 0.2) is 47.4 Å². The summed E-state index contributed by atoms with van der Waals surface area (Å²) in [5, 5.41) is 3.24. The molecule has 1 aliphatic rings. The molecule has 0 amide bonds. The molecule has 0 atom stereocenters. The number of hydrogen-bond donors (Lipinski definition) is 2. The Morgan fingerprint density at radius 1 is 1.14 bits per heavy atom. The number of halogens is 2. The third-order valence-corrected chi connectivity index (χ3v) is 5.61. The van der Waals surface area contributed by atoms with Gasteiger partial charge in [-0.1, -0.05) is 6.07 Å². The average Bonchev–Trinajstić information content (AvgIpc) is 2.67. The predicted molar refractivity (Wildman–Crippen MR) is 102 cm³/mol. The summed E-state index contributed by atoms with van der Waals surface area (Å²) < 4.78 is 62.4. The Hall–Kier alpha value is -2.59. The van der Waals surface area contributed by atoms with Gasteiger partial charge in [0.1, 0.15) is 11.5 Å². The first kappa shape index (κ1) is 20.2. The Balaban J connectivity index is 1.87. The van der Waals surface area contributed by atoms with Crippen molar-refractivity contribution in [3.8, 4) is 11.5 Å². The largest absolute Gasteiger partial charge is 0.495 e. The molecule has 1 heterocycles. The minimum absolute atomic E-state index is 0.0435. The number of nitrogens with one attached hydrogen (secondary N) is 2. The summed E-state index contributed by atoms with van der Waals surface area (Å²) >= 11 is 0. The Labute approximate surface area is 162 Å². The molecule has 2 N–H and O–H groups in total. The first-order valence-electron chi connectivity index (χ1n) is 8.60. The molecular formula is C18H21F2N3O4S. The van der Waals surface area contributed by atoms with Crippen LogP contribution >= 0.6 is 0 Å². The summed E-state index contributed by atoms with van der Waals surface area (Å²) in [6, 6.07) is 9.98. The highest BCUT2D eigenvalue weighted by atomic mass is 32.2. The topological polar surface area (TPSA) is 79.9 Å². The number of rotatable bonds is 7. The number of anilines is 2. The molecule has 0 radical (unpaired) electrons. The Morgan fingerprint density at radius 2 is 1.89 bits per heavy atom. The van der Waals surface area contributed by atoms with Gasteiger partial charge in [-0.3, -0.25) is 4.72 Å². The zero-order chi connectivity index (χ0) is 20.1. The first-order valence-corrected chi connectivity index (χ1v) is 10.1. The van der Waals surface area contributed by atoms with Gasteiger partial charge in [-0.15, -0.1) is 0 Å². The molecule has 0 saturated carbocycles. The third-order valence-electron chi connectivity index (χ3n) is 4.23. The maximum atomic E-state index is 12.8. The highest BCUT2D eigenvalue weighted by Crippen LogP contribution is 2.32. The second-order valence-corrected chi connectivity index (χ2v) is 7.76. The van der Waals surface area contributed by atoms with Crippen molar-refractivity contribution in [3.05, 3.63) is 42.5 Å². The van der Waals surface area contributed by atoms with E-state index in [4.69, 9.17) is 4.74 Å². The summed E-state index contributed by atoms with van der Waals surface area (Å²) in [7, 11) is -2.41. The molecule has 0 unspecified atom stereocenters. The number of nitrogens with zero attached hydrogens (tertiary/aromatic N) is 1. The molecule has 7 nitrogen and oxygen atoms in total. The maximum absolute atomic E-state index is 12.8. The van der Waals surface area contributed by atoms with Crippen LogP contribution in [0.4, 0.5) is 20.2 Å². The Bertz CT molecular complexity index is 919. The van der Waals surface area contributed by atoms with Gasteiger partial charge in [0.05, 0.1) is 23.4 Å². The monoisotopic (exact) mass is 413 g/mol. The van der Waals surface area contributed by atoms with Crippen LogP contribution < -0.4 is 24.4 Å². The van der Waals surface area contributed by atoms with Gasteiger partial charge in [0, 0.05) is 32.2 Å². The SMILES string of the molecule is COc1ccc(S(=O)(=O)Nc2cccc(OC(F)F)c2)cc1N1CCNCC1. The van der Waals surface area contributed by atoms with Gasteiger partial charge in [0.15, 0.2) is 0 Å². The molecule has 1 aliphatic heterocycles. The van der Waals surface area contributed by atoms with E-state index < -0.39 is 16.6 Å². The minimum atomic E-state index is -3.94. The van der Waals surface area contributed by atoms with Crippen molar-refractivity contribution in [2.45, 2.75) is 11.5 Å². The molecule has 1 saturated heterocycles. The zero-order valence-corrected chi connectivity index (χ0v) is 16.0. The standard InChI is InChI=1S/C18H21F2N3O4S/c1-26-17-6-5-15(12-16(17)23-9-7-21-8-10-23)28(24,25)22-13-3-2-4-14(11-13)27-18(19)20/h2-6,11-12,18,21-22H,7-10H2,1H3. The van der Waals surface area contributed by atoms with Crippen molar-refractivity contribution < 1.29 is 26.7 Å². The van der Waals surface area contributed by atoms with Gasteiger partial charge < -0.3 is 19.7 Å². The Morgan fingerprint density at radius 3 is 2.57 bits per heavy atom. The van der Waals surface area contributed by atoms with Crippen LogP contribution in [0, 0.1) is 0 Å². The van der Waals surface area contributed by atoms with Crippen molar-refractivity contribution in [1.82, 2.24) is 5.32 Å². The smallest absolute Gasteiger partial charge is 0.387 e. The molecule has 152 valence electrons. The van der Waals surface area contributed by atoms with Crippen LogP contribution in [0.1, 0.15) is 0 Å². The van der Waals surface area contributed by atoms with E-state index in [9.17, 15) is 17.2 Å². The summed E-state index contributed by atoms with van der Waals surface area (Å²) in [4.78, 5) is 2.09. The van der Waals surface area contributed by atoms with E-state index in [0.29, 0.717) is 11.4 Å². The summed E-state index contributed by atoms with van der Waals surface area (Å²) in [5.41, 5.74) is 0.805. The fourth-order valence-corrected chi connectivity index (χ4v) is 4.01. The van der Waals surface area contributed by atoms with E-state index in [0.717, 1.165) is 26.2 Å². The molecule has 0 aliphatic carbocycles. The number of alkyl halides is 2. The van der Waals surface area contributed by atoms with E-state index in [1.165, 1.54) is 37.4 Å². The summed E-state index contributed by atoms with van der Waals surface area (Å²) in [6.07, 6.45) is 0. The molecule has 0 aromatic heterocycles. The normalized spacial score (nSPS) is 14.8. The predicted octanol–water partition coefficient (Wildman–Crippen LogP) is 2.51. The molecule has 2 aromatic rings. The lowest BCUT2D eigenvalue weighted by Crippen LogP contribution is -2.43. The molecule has 10 heteroatoms. The van der Waals surface area contributed by atoms with Crippen LogP contribution in [0.3, 0.4) is 0 Å². The zero-order valence-electron chi connectivity index (χ0n) is 15.2. The Kier molecular flexibility index (Phi) is 6.20. The molecule has 0 bridgehead atoms. The van der Waals surface area contributed by atoms with Gasteiger partial charge in [-0.05, 0) is 30.3 Å². The van der Waals surface area contributed by atoms with Crippen molar-refractivity contribution in [1.29, 1.82) is 0 Å².